The third-order valence-corrected chi connectivity index (χ3v) is 2.79. The Morgan fingerprint density at radius 3 is 2.71 bits per heavy atom. The van der Waals surface area contributed by atoms with Crippen LogP contribution in [0.4, 0.5) is 0 Å². The number of aromatic nitrogens is 4. The van der Waals surface area contributed by atoms with Gasteiger partial charge in [0, 0.05) is 38.6 Å². The smallest absolute Gasteiger partial charge is 0.0791 e. The molecule has 0 aliphatic rings. The van der Waals surface area contributed by atoms with Crippen LogP contribution in [-0.2, 0) is 20.1 Å². The van der Waals surface area contributed by atoms with Crippen LogP contribution < -0.4 is 5.32 Å². The van der Waals surface area contributed by atoms with Crippen molar-refractivity contribution in [1.29, 1.82) is 0 Å². The van der Waals surface area contributed by atoms with Gasteiger partial charge in [-0.1, -0.05) is 0 Å². The Bertz CT molecular complexity index is 471. The van der Waals surface area contributed by atoms with E-state index in [-0.39, 0.29) is 6.04 Å². The van der Waals surface area contributed by atoms with Crippen molar-refractivity contribution in [3.05, 3.63) is 35.9 Å². The largest absolute Gasteiger partial charge is 0.303 e. The lowest BCUT2D eigenvalue weighted by Gasteiger charge is -2.09. The van der Waals surface area contributed by atoms with Crippen molar-refractivity contribution in [2.45, 2.75) is 33.0 Å². The Balaban J connectivity index is 1.89. The minimum absolute atomic E-state index is 0.239. The van der Waals surface area contributed by atoms with Crippen molar-refractivity contribution in [1.82, 2.24) is 24.9 Å². The van der Waals surface area contributed by atoms with E-state index in [4.69, 9.17) is 0 Å². The lowest BCUT2D eigenvalue weighted by atomic mass is 10.2. The Morgan fingerprint density at radius 2 is 2.12 bits per heavy atom. The average Bonchev–Trinajstić information content (AvgIpc) is 2.94. The van der Waals surface area contributed by atoms with E-state index >= 15 is 0 Å². The van der Waals surface area contributed by atoms with Gasteiger partial charge >= 0.3 is 0 Å². The quantitative estimate of drug-likeness (QED) is 0.851. The Labute approximate surface area is 101 Å². The number of hydrogen-bond donors (Lipinski definition) is 1. The maximum absolute atomic E-state index is 4.43. The normalized spacial score (nSPS) is 12.9. The predicted molar refractivity (Wildman–Crippen MR) is 66.4 cm³/mol. The third-order valence-electron chi connectivity index (χ3n) is 2.79. The fraction of sp³-hybridized carbons (Fsp3) is 0.500. The SMILES string of the molecule is CCn1ccc(CNC(C)c2ccn(C)n2)n1. The molecule has 2 aromatic heterocycles. The minimum Gasteiger partial charge on any atom is -0.303 e. The first-order valence-corrected chi connectivity index (χ1v) is 5.94. The highest BCUT2D eigenvalue weighted by molar-refractivity contribution is 5.05. The van der Waals surface area contributed by atoms with Gasteiger partial charge in [-0.3, -0.25) is 9.36 Å². The van der Waals surface area contributed by atoms with Crippen molar-refractivity contribution in [2.75, 3.05) is 0 Å². The van der Waals surface area contributed by atoms with Gasteiger partial charge in [0.15, 0.2) is 0 Å². The van der Waals surface area contributed by atoms with Gasteiger partial charge < -0.3 is 5.32 Å². The monoisotopic (exact) mass is 233 g/mol. The summed E-state index contributed by atoms with van der Waals surface area (Å²) in [6.45, 7) is 5.88. The topological polar surface area (TPSA) is 47.7 Å². The molecule has 2 heterocycles. The zero-order valence-corrected chi connectivity index (χ0v) is 10.6. The number of nitrogens with one attached hydrogen (secondary N) is 1. The van der Waals surface area contributed by atoms with E-state index in [0.717, 1.165) is 24.5 Å². The van der Waals surface area contributed by atoms with E-state index in [2.05, 4.69) is 29.4 Å². The van der Waals surface area contributed by atoms with Crippen LogP contribution in [0.5, 0.6) is 0 Å². The average molecular weight is 233 g/mol. The molecule has 0 aliphatic carbocycles. The highest BCUT2D eigenvalue weighted by Crippen LogP contribution is 2.09. The fourth-order valence-corrected chi connectivity index (χ4v) is 1.70. The van der Waals surface area contributed by atoms with Gasteiger partial charge in [0.2, 0.25) is 0 Å². The molecule has 0 aliphatic heterocycles. The number of nitrogens with zero attached hydrogens (tertiary/aromatic N) is 4. The molecule has 0 aromatic carbocycles. The molecule has 2 aromatic rings. The Morgan fingerprint density at radius 1 is 1.29 bits per heavy atom. The molecule has 1 N–H and O–H groups in total. The summed E-state index contributed by atoms with van der Waals surface area (Å²) in [5, 5.41) is 12.2. The van der Waals surface area contributed by atoms with Gasteiger partial charge in [0.05, 0.1) is 11.4 Å². The van der Waals surface area contributed by atoms with E-state index < -0.39 is 0 Å². The van der Waals surface area contributed by atoms with Crippen molar-refractivity contribution in [3.8, 4) is 0 Å². The summed E-state index contributed by atoms with van der Waals surface area (Å²) in [6.07, 6.45) is 3.96. The summed E-state index contributed by atoms with van der Waals surface area (Å²) in [7, 11) is 1.93. The van der Waals surface area contributed by atoms with Crippen LogP contribution in [0.2, 0.25) is 0 Å². The number of rotatable bonds is 5. The predicted octanol–water partition coefficient (Wildman–Crippen LogP) is 1.49. The summed E-state index contributed by atoms with van der Waals surface area (Å²) in [4.78, 5) is 0. The molecule has 17 heavy (non-hydrogen) atoms. The molecule has 2 rings (SSSR count). The summed E-state index contributed by atoms with van der Waals surface area (Å²) in [5.74, 6) is 0. The second kappa shape index (κ2) is 5.14. The first-order valence-electron chi connectivity index (χ1n) is 5.94. The lowest BCUT2D eigenvalue weighted by molar-refractivity contribution is 0.538. The standard InChI is InChI=1S/C12H19N5/c1-4-17-8-5-11(14-17)9-13-10(2)12-6-7-16(3)15-12/h5-8,10,13H,4,9H2,1-3H3. The van der Waals surface area contributed by atoms with Gasteiger partial charge in [-0.2, -0.15) is 10.2 Å². The van der Waals surface area contributed by atoms with Crippen LogP contribution >= 0.6 is 0 Å². The molecule has 5 nitrogen and oxygen atoms in total. The second-order valence-corrected chi connectivity index (χ2v) is 4.18. The molecule has 0 saturated carbocycles. The van der Waals surface area contributed by atoms with E-state index in [1.54, 1.807) is 0 Å². The van der Waals surface area contributed by atoms with Crippen molar-refractivity contribution >= 4 is 0 Å². The van der Waals surface area contributed by atoms with Gasteiger partial charge in [-0.25, -0.2) is 0 Å². The molecular formula is C12H19N5. The summed E-state index contributed by atoms with van der Waals surface area (Å²) in [6, 6.07) is 4.31. The van der Waals surface area contributed by atoms with Gasteiger partial charge in [-0.15, -0.1) is 0 Å². The minimum atomic E-state index is 0.239. The molecule has 0 saturated heterocycles. The van der Waals surface area contributed by atoms with Gasteiger partial charge in [0.1, 0.15) is 0 Å². The first-order chi connectivity index (χ1) is 8.19. The Kier molecular flexibility index (Phi) is 3.58. The zero-order valence-electron chi connectivity index (χ0n) is 10.6. The highest BCUT2D eigenvalue weighted by Gasteiger charge is 2.08. The molecule has 0 spiro atoms. The van der Waals surface area contributed by atoms with E-state index in [0.29, 0.717) is 0 Å². The molecule has 1 atom stereocenters. The van der Waals surface area contributed by atoms with Crippen LogP contribution in [-0.4, -0.2) is 19.6 Å². The van der Waals surface area contributed by atoms with Gasteiger partial charge in [-0.05, 0) is 26.0 Å². The summed E-state index contributed by atoms with van der Waals surface area (Å²) >= 11 is 0. The zero-order chi connectivity index (χ0) is 12.3. The molecule has 5 heteroatoms. The maximum atomic E-state index is 4.43. The number of aryl methyl sites for hydroxylation is 2. The molecule has 0 fully saturated rings. The van der Waals surface area contributed by atoms with E-state index in [1.807, 2.05) is 40.9 Å². The molecule has 1 unspecified atom stereocenters. The fourth-order valence-electron chi connectivity index (χ4n) is 1.70. The first kappa shape index (κ1) is 11.9. The van der Waals surface area contributed by atoms with Gasteiger partial charge in [0.25, 0.3) is 0 Å². The van der Waals surface area contributed by atoms with Crippen LogP contribution in [0.1, 0.15) is 31.3 Å². The molecule has 0 bridgehead atoms. The third kappa shape index (κ3) is 2.94. The molecule has 0 radical (unpaired) electrons. The van der Waals surface area contributed by atoms with Crippen LogP contribution in [0, 0.1) is 0 Å². The summed E-state index contributed by atoms with van der Waals surface area (Å²) in [5.41, 5.74) is 2.12. The maximum Gasteiger partial charge on any atom is 0.0791 e. The lowest BCUT2D eigenvalue weighted by Crippen LogP contribution is -2.19. The summed E-state index contributed by atoms with van der Waals surface area (Å²) < 4.78 is 3.75. The second-order valence-electron chi connectivity index (χ2n) is 4.18. The molecular weight excluding hydrogens is 214 g/mol. The van der Waals surface area contributed by atoms with Crippen LogP contribution in [0.25, 0.3) is 0 Å². The van der Waals surface area contributed by atoms with Crippen LogP contribution in [0.15, 0.2) is 24.5 Å². The molecule has 0 amide bonds. The van der Waals surface area contributed by atoms with E-state index in [9.17, 15) is 0 Å². The van der Waals surface area contributed by atoms with Crippen LogP contribution in [0.3, 0.4) is 0 Å². The van der Waals surface area contributed by atoms with E-state index in [1.165, 1.54) is 0 Å². The Hall–Kier alpha value is -1.62. The highest BCUT2D eigenvalue weighted by atomic mass is 15.3. The molecule has 92 valence electrons. The van der Waals surface area contributed by atoms with Crippen molar-refractivity contribution in [2.24, 2.45) is 7.05 Å². The van der Waals surface area contributed by atoms with Crippen molar-refractivity contribution in [3.63, 3.8) is 0 Å². The number of hydrogen-bond acceptors (Lipinski definition) is 3. The van der Waals surface area contributed by atoms with Crippen molar-refractivity contribution < 1.29 is 0 Å².